The van der Waals surface area contributed by atoms with E-state index in [1.807, 2.05) is 0 Å². The molecule has 0 aromatic carbocycles. The number of piperidine rings is 1. The number of hydrogen-bond donors (Lipinski definition) is 0. The number of likely N-dealkylation sites (tertiary alicyclic amines) is 1. The van der Waals surface area contributed by atoms with Crippen LogP contribution in [0.4, 0.5) is 0 Å². The summed E-state index contributed by atoms with van der Waals surface area (Å²) in [6, 6.07) is 3.77. The largest absolute Gasteiger partial charge is 0.457 e. The lowest BCUT2D eigenvalue weighted by molar-refractivity contribution is -0.0219. The molecule has 1 aromatic rings. The van der Waals surface area contributed by atoms with Crippen molar-refractivity contribution >= 4 is 5.97 Å². The third kappa shape index (κ3) is 2.69. The number of rotatable bonds is 2. The molecule has 0 spiro atoms. The van der Waals surface area contributed by atoms with E-state index in [0.717, 1.165) is 13.0 Å². The molecule has 0 radical (unpaired) electrons. The second-order valence-corrected chi connectivity index (χ2v) is 4.92. The fourth-order valence-corrected chi connectivity index (χ4v) is 2.25. The van der Waals surface area contributed by atoms with Crippen LogP contribution < -0.4 is 0 Å². The maximum absolute atomic E-state index is 11.8. The van der Waals surface area contributed by atoms with Crippen LogP contribution in [0.1, 0.15) is 30.8 Å². The number of esters is 1. The van der Waals surface area contributed by atoms with Gasteiger partial charge in [0, 0.05) is 18.5 Å². The van der Waals surface area contributed by atoms with Gasteiger partial charge in [-0.25, -0.2) is 4.79 Å². The SMILES string of the molecule is CC1CN(C)C(C)CC1OC(=O)c1ccco1. The van der Waals surface area contributed by atoms with Crippen LogP contribution in [0, 0.1) is 5.92 Å². The van der Waals surface area contributed by atoms with E-state index in [2.05, 4.69) is 25.8 Å². The van der Waals surface area contributed by atoms with Crippen molar-refractivity contribution in [1.29, 1.82) is 0 Å². The monoisotopic (exact) mass is 237 g/mol. The Morgan fingerprint density at radius 3 is 2.94 bits per heavy atom. The molecule has 0 saturated carbocycles. The molecule has 1 aliphatic heterocycles. The van der Waals surface area contributed by atoms with Crippen LogP contribution in [0.15, 0.2) is 22.8 Å². The van der Waals surface area contributed by atoms with Gasteiger partial charge in [-0.2, -0.15) is 0 Å². The zero-order chi connectivity index (χ0) is 12.4. The van der Waals surface area contributed by atoms with Crippen molar-refractivity contribution in [2.75, 3.05) is 13.6 Å². The van der Waals surface area contributed by atoms with Gasteiger partial charge in [-0.1, -0.05) is 6.92 Å². The molecule has 0 amide bonds. The van der Waals surface area contributed by atoms with Gasteiger partial charge in [0.25, 0.3) is 0 Å². The maximum atomic E-state index is 11.8. The van der Waals surface area contributed by atoms with Gasteiger partial charge in [0.15, 0.2) is 0 Å². The van der Waals surface area contributed by atoms with Crippen molar-refractivity contribution in [1.82, 2.24) is 4.90 Å². The van der Waals surface area contributed by atoms with Crippen molar-refractivity contribution in [2.24, 2.45) is 5.92 Å². The number of ether oxygens (including phenoxy) is 1. The Morgan fingerprint density at radius 2 is 2.29 bits per heavy atom. The van der Waals surface area contributed by atoms with Crippen molar-refractivity contribution in [3.8, 4) is 0 Å². The topological polar surface area (TPSA) is 42.7 Å². The minimum absolute atomic E-state index is 0.0150. The summed E-state index contributed by atoms with van der Waals surface area (Å²) in [5, 5.41) is 0. The Balaban J connectivity index is 1.97. The second kappa shape index (κ2) is 4.92. The molecule has 1 aliphatic rings. The van der Waals surface area contributed by atoms with E-state index in [-0.39, 0.29) is 17.8 Å². The van der Waals surface area contributed by atoms with E-state index >= 15 is 0 Å². The van der Waals surface area contributed by atoms with Gasteiger partial charge < -0.3 is 14.1 Å². The molecule has 3 unspecified atom stereocenters. The summed E-state index contributed by atoms with van der Waals surface area (Å²) in [5.74, 6) is 0.280. The first-order valence-electron chi connectivity index (χ1n) is 6.02. The molecular formula is C13H19NO3. The molecule has 4 heteroatoms. The minimum Gasteiger partial charge on any atom is -0.457 e. The van der Waals surface area contributed by atoms with Gasteiger partial charge in [-0.05, 0) is 32.5 Å². The summed E-state index contributed by atoms with van der Waals surface area (Å²) in [4.78, 5) is 14.1. The first-order valence-corrected chi connectivity index (χ1v) is 6.02. The Bertz CT molecular complexity index is 374. The molecule has 0 N–H and O–H groups in total. The van der Waals surface area contributed by atoms with Crippen LogP contribution in [0.25, 0.3) is 0 Å². The van der Waals surface area contributed by atoms with E-state index in [1.165, 1.54) is 6.26 Å². The fraction of sp³-hybridized carbons (Fsp3) is 0.615. The van der Waals surface area contributed by atoms with E-state index < -0.39 is 0 Å². The molecule has 3 atom stereocenters. The summed E-state index contributed by atoms with van der Waals surface area (Å²) in [7, 11) is 2.10. The molecule has 94 valence electrons. The van der Waals surface area contributed by atoms with Gasteiger partial charge >= 0.3 is 5.97 Å². The van der Waals surface area contributed by atoms with Crippen molar-refractivity contribution < 1.29 is 13.9 Å². The van der Waals surface area contributed by atoms with Gasteiger partial charge in [0.2, 0.25) is 5.76 Å². The number of furan rings is 1. The maximum Gasteiger partial charge on any atom is 0.374 e. The molecule has 4 nitrogen and oxygen atoms in total. The lowest BCUT2D eigenvalue weighted by Gasteiger charge is -2.38. The molecule has 17 heavy (non-hydrogen) atoms. The van der Waals surface area contributed by atoms with Crippen LogP contribution >= 0.6 is 0 Å². The van der Waals surface area contributed by atoms with Crippen LogP contribution in [0.5, 0.6) is 0 Å². The van der Waals surface area contributed by atoms with Gasteiger partial charge in [-0.15, -0.1) is 0 Å². The normalized spacial score (nSPS) is 30.2. The smallest absolute Gasteiger partial charge is 0.374 e. The summed E-state index contributed by atoms with van der Waals surface area (Å²) < 4.78 is 10.5. The second-order valence-electron chi connectivity index (χ2n) is 4.92. The first-order chi connectivity index (χ1) is 8.08. The quantitative estimate of drug-likeness (QED) is 0.739. The van der Waals surface area contributed by atoms with E-state index in [1.54, 1.807) is 12.1 Å². The van der Waals surface area contributed by atoms with Crippen LogP contribution in [-0.2, 0) is 4.74 Å². The summed E-state index contributed by atoms with van der Waals surface area (Å²) in [6.07, 6.45) is 2.35. The van der Waals surface area contributed by atoms with Gasteiger partial charge in [0.05, 0.1) is 6.26 Å². The zero-order valence-corrected chi connectivity index (χ0v) is 10.6. The van der Waals surface area contributed by atoms with Crippen LogP contribution in [0.2, 0.25) is 0 Å². The van der Waals surface area contributed by atoms with Gasteiger partial charge in [0.1, 0.15) is 6.10 Å². The number of hydrogen-bond acceptors (Lipinski definition) is 4. The van der Waals surface area contributed by atoms with E-state index in [0.29, 0.717) is 12.0 Å². The average Bonchev–Trinajstić information content (AvgIpc) is 2.79. The van der Waals surface area contributed by atoms with Crippen molar-refractivity contribution in [2.45, 2.75) is 32.4 Å². The predicted octanol–water partition coefficient (Wildman–Crippen LogP) is 2.17. The fourth-order valence-electron chi connectivity index (χ4n) is 2.25. The van der Waals surface area contributed by atoms with Crippen LogP contribution in [-0.4, -0.2) is 36.6 Å². The molecule has 1 saturated heterocycles. The third-order valence-corrected chi connectivity index (χ3v) is 3.52. The minimum atomic E-state index is -0.358. The van der Waals surface area contributed by atoms with E-state index in [9.17, 15) is 4.79 Å². The third-order valence-electron chi connectivity index (χ3n) is 3.52. The van der Waals surface area contributed by atoms with E-state index in [4.69, 9.17) is 9.15 Å². The zero-order valence-electron chi connectivity index (χ0n) is 10.6. The summed E-state index contributed by atoms with van der Waals surface area (Å²) >= 11 is 0. The number of carbonyl (C=O) groups is 1. The summed E-state index contributed by atoms with van der Waals surface area (Å²) in [5.41, 5.74) is 0. The summed E-state index contributed by atoms with van der Waals surface area (Å²) in [6.45, 7) is 5.22. The lowest BCUT2D eigenvalue weighted by atomic mass is 9.92. The molecule has 1 fully saturated rings. The lowest BCUT2D eigenvalue weighted by Crippen LogP contribution is -2.46. The average molecular weight is 237 g/mol. The Hall–Kier alpha value is -1.29. The highest BCUT2D eigenvalue weighted by atomic mass is 16.6. The molecule has 1 aromatic heterocycles. The molecule has 0 bridgehead atoms. The molecule has 0 aliphatic carbocycles. The molecule has 2 rings (SSSR count). The first kappa shape index (κ1) is 12.2. The van der Waals surface area contributed by atoms with Crippen molar-refractivity contribution in [3.05, 3.63) is 24.2 Å². The molecular weight excluding hydrogens is 218 g/mol. The number of carbonyl (C=O) groups excluding carboxylic acids is 1. The van der Waals surface area contributed by atoms with Crippen molar-refractivity contribution in [3.63, 3.8) is 0 Å². The standard InChI is InChI=1S/C13H19NO3/c1-9-8-14(3)10(2)7-12(9)17-13(15)11-5-4-6-16-11/h4-6,9-10,12H,7-8H2,1-3H3. The van der Waals surface area contributed by atoms with Crippen LogP contribution in [0.3, 0.4) is 0 Å². The van der Waals surface area contributed by atoms with Gasteiger partial charge in [-0.3, -0.25) is 0 Å². The highest BCUT2D eigenvalue weighted by Gasteiger charge is 2.32. The Labute approximate surface area is 102 Å². The number of nitrogens with zero attached hydrogens (tertiary/aromatic N) is 1. The Kier molecular flexibility index (Phi) is 3.52. The highest BCUT2D eigenvalue weighted by molar-refractivity contribution is 5.86. The Morgan fingerprint density at radius 1 is 1.53 bits per heavy atom. The predicted molar refractivity (Wildman–Crippen MR) is 63.8 cm³/mol. The molecule has 2 heterocycles. The highest BCUT2D eigenvalue weighted by Crippen LogP contribution is 2.24.